The van der Waals surface area contributed by atoms with Crippen molar-refractivity contribution in [1.29, 1.82) is 0 Å². The molecule has 2 aliphatic heterocycles. The normalized spacial score (nSPS) is 28.7. The zero-order valence-electron chi connectivity index (χ0n) is 28.4. The van der Waals surface area contributed by atoms with E-state index in [1.54, 1.807) is 0 Å². The molecule has 280 valence electrons. The lowest BCUT2D eigenvalue weighted by molar-refractivity contribution is -0.272. The van der Waals surface area contributed by atoms with Gasteiger partial charge in [-0.05, 0) is 0 Å². The number of amides is 2. The van der Waals surface area contributed by atoms with Crippen molar-refractivity contribution in [3.05, 3.63) is 0 Å². The molecular formula is C29H40N2O19. The van der Waals surface area contributed by atoms with E-state index in [4.69, 9.17) is 47.4 Å². The van der Waals surface area contributed by atoms with Crippen LogP contribution in [0.15, 0.2) is 0 Å². The minimum absolute atomic E-state index is 0.568. The molecule has 0 aliphatic carbocycles. The molecule has 0 bridgehead atoms. The summed E-state index contributed by atoms with van der Waals surface area (Å²) in [6, 6.07) is -4.55. The highest BCUT2D eigenvalue weighted by Gasteiger charge is 2.55. The Morgan fingerprint density at radius 1 is 0.420 bits per heavy atom. The first-order chi connectivity index (χ1) is 23.3. The Morgan fingerprint density at radius 2 is 0.700 bits per heavy atom. The number of nitrogens with one attached hydrogen (secondary N) is 2. The first-order valence-electron chi connectivity index (χ1n) is 15.0. The summed E-state index contributed by atoms with van der Waals surface area (Å²) in [4.78, 5) is 110. The minimum Gasteiger partial charge on any atom is -0.463 e. The Balaban J connectivity index is 2.58. The van der Waals surface area contributed by atoms with Crippen molar-refractivity contribution in [1.82, 2.24) is 10.6 Å². The molecule has 0 aromatic heterocycles. The first-order valence-corrected chi connectivity index (χ1v) is 15.0. The van der Waals surface area contributed by atoms with Gasteiger partial charge in [-0.2, -0.15) is 0 Å². The molecule has 2 aliphatic rings. The van der Waals surface area contributed by atoms with E-state index in [9.17, 15) is 43.2 Å². The standard InChI is InChI=1S/C29H40N2O19/c1-11(32)41-9-19-23(43-13(3)34)25(45-15(5)36)21(27(49-19)47-17(7)38)30-29(40)31-22-26(46-16(6)37)24(44-14(4)35)20(10-42-12(2)33)50-28(22)48-18(8)39/h19-28H,9-10H2,1-8H3,(H2,30,31,40)/t19-,20-,21-,22-,23-,24+,25-,26-,27-,28-/m1/s1. The van der Waals surface area contributed by atoms with Crippen molar-refractivity contribution in [2.24, 2.45) is 0 Å². The van der Waals surface area contributed by atoms with Crippen LogP contribution < -0.4 is 10.6 Å². The Labute approximate surface area is 285 Å². The van der Waals surface area contributed by atoms with Gasteiger partial charge in [-0.1, -0.05) is 0 Å². The van der Waals surface area contributed by atoms with Gasteiger partial charge in [-0.3, -0.25) is 38.4 Å². The third-order valence-corrected chi connectivity index (χ3v) is 6.56. The summed E-state index contributed by atoms with van der Waals surface area (Å²) in [7, 11) is 0. The van der Waals surface area contributed by atoms with Crippen molar-refractivity contribution in [2.75, 3.05) is 13.2 Å². The van der Waals surface area contributed by atoms with Crippen LogP contribution in [0.5, 0.6) is 0 Å². The maximum absolute atomic E-state index is 13.7. The summed E-state index contributed by atoms with van der Waals surface area (Å²) < 4.78 is 53.4. The molecule has 2 heterocycles. The zero-order chi connectivity index (χ0) is 37.9. The van der Waals surface area contributed by atoms with Crippen LogP contribution in [-0.2, 0) is 85.7 Å². The fourth-order valence-corrected chi connectivity index (χ4v) is 4.98. The minimum atomic E-state index is -1.77. The number of esters is 8. The monoisotopic (exact) mass is 720 g/mol. The van der Waals surface area contributed by atoms with Crippen LogP contribution >= 0.6 is 0 Å². The number of ether oxygens (including phenoxy) is 10. The van der Waals surface area contributed by atoms with Gasteiger partial charge in [-0.25, -0.2) is 4.79 Å². The number of carbonyl (C=O) groups is 9. The number of carbonyl (C=O) groups excluding carboxylic acids is 9. The molecule has 10 atom stereocenters. The molecule has 2 amide bonds. The largest absolute Gasteiger partial charge is 0.463 e. The Morgan fingerprint density at radius 3 is 0.960 bits per heavy atom. The lowest BCUT2D eigenvalue weighted by Crippen LogP contribution is -2.70. The van der Waals surface area contributed by atoms with E-state index in [0.717, 1.165) is 55.4 Å². The maximum atomic E-state index is 13.7. The lowest BCUT2D eigenvalue weighted by atomic mass is 9.95. The van der Waals surface area contributed by atoms with E-state index < -0.39 is 128 Å². The van der Waals surface area contributed by atoms with Gasteiger partial charge in [0.15, 0.2) is 24.4 Å². The van der Waals surface area contributed by atoms with Crippen LogP contribution in [0.4, 0.5) is 4.79 Å². The molecule has 0 radical (unpaired) electrons. The molecule has 2 saturated heterocycles. The molecule has 0 aromatic rings. The molecule has 21 heteroatoms. The third kappa shape index (κ3) is 12.8. The van der Waals surface area contributed by atoms with Crippen LogP contribution in [-0.4, -0.2) is 128 Å². The fraction of sp³-hybridized carbons (Fsp3) is 0.690. The van der Waals surface area contributed by atoms with E-state index in [-0.39, 0.29) is 0 Å². The number of hydrogen-bond donors (Lipinski definition) is 2. The van der Waals surface area contributed by atoms with Gasteiger partial charge in [0.1, 0.15) is 37.5 Å². The second kappa shape index (κ2) is 18.6. The first kappa shape index (κ1) is 41.1. The van der Waals surface area contributed by atoms with Crippen LogP contribution in [0.3, 0.4) is 0 Å². The van der Waals surface area contributed by atoms with Gasteiger partial charge in [0.25, 0.3) is 0 Å². The second-order valence-electron chi connectivity index (χ2n) is 10.9. The molecule has 2 rings (SSSR count). The smallest absolute Gasteiger partial charge is 0.315 e. The summed E-state index contributed by atoms with van der Waals surface area (Å²) in [6.07, 6.45) is -12.7. The molecular weight excluding hydrogens is 680 g/mol. The summed E-state index contributed by atoms with van der Waals surface area (Å²) in [6.45, 7) is 7.03. The van der Waals surface area contributed by atoms with Gasteiger partial charge >= 0.3 is 53.8 Å². The van der Waals surface area contributed by atoms with Gasteiger partial charge in [0.05, 0.1) is 0 Å². The molecule has 50 heavy (non-hydrogen) atoms. The van der Waals surface area contributed by atoms with Gasteiger partial charge in [0, 0.05) is 55.4 Å². The summed E-state index contributed by atoms with van der Waals surface area (Å²) in [5.41, 5.74) is 0. The van der Waals surface area contributed by atoms with Crippen molar-refractivity contribution >= 4 is 53.8 Å². The average Bonchev–Trinajstić information content (AvgIpc) is 2.95. The Bertz CT molecular complexity index is 1220. The highest BCUT2D eigenvalue weighted by Crippen LogP contribution is 2.30. The SMILES string of the molecule is CC(=O)OC[C@H]1O[C@@H](OC(C)=O)[C@H](NC(=O)N[C@H]2[C@H](OC(C)=O)O[C@H](COC(C)=O)[C@@H](OC(C)=O)[C@@H]2OC(C)=O)[C@@H](OC(C)=O)[C@H]1OC(C)=O. The van der Waals surface area contributed by atoms with E-state index >= 15 is 0 Å². The lowest BCUT2D eigenvalue weighted by Gasteiger charge is -2.46. The summed E-state index contributed by atoms with van der Waals surface area (Å²) in [5, 5.41) is 4.76. The summed E-state index contributed by atoms with van der Waals surface area (Å²) >= 11 is 0. The Hall–Kier alpha value is -5.05. The van der Waals surface area contributed by atoms with Crippen molar-refractivity contribution in [2.45, 2.75) is 117 Å². The van der Waals surface area contributed by atoms with Gasteiger partial charge in [-0.15, -0.1) is 0 Å². The second-order valence-corrected chi connectivity index (χ2v) is 10.9. The average molecular weight is 721 g/mol. The highest BCUT2D eigenvalue weighted by molar-refractivity contribution is 5.76. The van der Waals surface area contributed by atoms with Crippen LogP contribution in [0.2, 0.25) is 0 Å². The molecule has 2 N–H and O–H groups in total. The third-order valence-electron chi connectivity index (χ3n) is 6.56. The molecule has 0 unspecified atom stereocenters. The topological polar surface area (TPSA) is 270 Å². The van der Waals surface area contributed by atoms with E-state index in [1.807, 2.05) is 0 Å². The van der Waals surface area contributed by atoms with Gasteiger partial charge < -0.3 is 58.0 Å². The van der Waals surface area contributed by atoms with E-state index in [1.165, 1.54) is 0 Å². The molecule has 0 saturated carbocycles. The Kier molecular flexibility index (Phi) is 15.3. The van der Waals surface area contributed by atoms with Crippen LogP contribution in [0.1, 0.15) is 55.4 Å². The van der Waals surface area contributed by atoms with Crippen LogP contribution in [0, 0.1) is 0 Å². The van der Waals surface area contributed by atoms with Gasteiger partial charge in [0.2, 0.25) is 12.6 Å². The molecule has 2 fully saturated rings. The maximum Gasteiger partial charge on any atom is 0.315 e. The van der Waals surface area contributed by atoms with E-state index in [2.05, 4.69) is 10.6 Å². The number of hydrogen-bond acceptors (Lipinski definition) is 19. The highest BCUT2D eigenvalue weighted by atomic mass is 16.7. The zero-order valence-corrected chi connectivity index (χ0v) is 28.4. The molecule has 0 aromatic carbocycles. The predicted molar refractivity (Wildman–Crippen MR) is 156 cm³/mol. The van der Waals surface area contributed by atoms with Crippen LogP contribution in [0.25, 0.3) is 0 Å². The van der Waals surface area contributed by atoms with Crippen molar-refractivity contribution in [3.63, 3.8) is 0 Å². The predicted octanol–water partition coefficient (Wildman–Crippen LogP) is -1.55. The van der Waals surface area contributed by atoms with Crippen molar-refractivity contribution < 1.29 is 90.5 Å². The number of rotatable bonds is 12. The number of urea groups is 1. The fourth-order valence-electron chi connectivity index (χ4n) is 4.98. The summed E-state index contributed by atoms with van der Waals surface area (Å²) in [5.74, 6) is -7.07. The quantitative estimate of drug-likeness (QED) is 0.171. The molecule has 0 spiro atoms. The van der Waals surface area contributed by atoms with E-state index in [0.29, 0.717) is 0 Å². The molecule has 21 nitrogen and oxygen atoms in total. The van der Waals surface area contributed by atoms with Crippen molar-refractivity contribution in [3.8, 4) is 0 Å².